The van der Waals surface area contributed by atoms with Gasteiger partial charge < -0.3 is 4.57 Å². The molecule has 0 aliphatic heterocycles. The number of hydrogen-bond acceptors (Lipinski definition) is 1. The lowest BCUT2D eigenvalue weighted by atomic mass is 10.1. The first-order chi connectivity index (χ1) is 8.34. The Morgan fingerprint density at radius 2 is 2.06 bits per heavy atom. The van der Waals surface area contributed by atoms with Crippen LogP contribution in [-0.4, -0.2) is 9.55 Å². The minimum atomic E-state index is 1.10. The molecule has 0 amide bonds. The van der Waals surface area contributed by atoms with Crippen molar-refractivity contribution in [3.63, 3.8) is 0 Å². The van der Waals surface area contributed by atoms with Gasteiger partial charge in [-0.2, -0.15) is 0 Å². The molecule has 2 nitrogen and oxygen atoms in total. The van der Waals surface area contributed by atoms with Crippen LogP contribution in [0.5, 0.6) is 0 Å². The third kappa shape index (κ3) is 3.91. The van der Waals surface area contributed by atoms with Gasteiger partial charge in [0.2, 0.25) is 0 Å². The second kappa shape index (κ2) is 6.04. The van der Waals surface area contributed by atoms with Crippen molar-refractivity contribution < 1.29 is 0 Å². The lowest BCUT2D eigenvalue weighted by Crippen LogP contribution is -1.85. The predicted molar refractivity (Wildman–Crippen MR) is 71.7 cm³/mol. The largest absolute Gasteiger partial charge is 0.313 e. The Morgan fingerprint density at radius 3 is 2.76 bits per heavy atom. The number of nitrogens with zero attached hydrogens (tertiary/aromatic N) is 2. The van der Waals surface area contributed by atoms with Gasteiger partial charge in [-0.15, -0.1) is 0 Å². The zero-order chi connectivity index (χ0) is 11.9. The highest BCUT2D eigenvalue weighted by Gasteiger charge is 1.91. The summed E-state index contributed by atoms with van der Waals surface area (Å²) in [7, 11) is 0. The van der Waals surface area contributed by atoms with Gasteiger partial charge in [0.05, 0.1) is 6.33 Å². The number of rotatable bonds is 5. The Morgan fingerprint density at radius 1 is 1.24 bits per heavy atom. The molecule has 0 unspecified atom stereocenters. The van der Waals surface area contributed by atoms with E-state index >= 15 is 0 Å². The van der Waals surface area contributed by atoms with Gasteiger partial charge in [-0.3, -0.25) is 0 Å². The quantitative estimate of drug-likeness (QED) is 0.711. The van der Waals surface area contributed by atoms with Crippen LogP contribution in [0.25, 0.3) is 6.20 Å². The molecule has 0 spiro atoms. The molecule has 1 heterocycles. The van der Waals surface area contributed by atoms with Crippen molar-refractivity contribution in [2.45, 2.75) is 26.2 Å². The molecule has 88 valence electrons. The van der Waals surface area contributed by atoms with Crippen LogP contribution in [0.4, 0.5) is 0 Å². The predicted octanol–water partition coefficient (Wildman–Crippen LogP) is 3.69. The Labute approximate surface area is 103 Å². The number of allylic oxidation sites excluding steroid dienone is 1. The summed E-state index contributed by atoms with van der Waals surface area (Å²) in [5.41, 5.74) is 2.75. The minimum Gasteiger partial charge on any atom is -0.313 e. The molecule has 0 fully saturated rings. The lowest BCUT2D eigenvalue weighted by Gasteiger charge is -2.00. The van der Waals surface area contributed by atoms with Crippen LogP contribution in [0.2, 0.25) is 0 Å². The molecular formula is C15H18N2. The third-order valence-corrected chi connectivity index (χ3v) is 2.76. The Hall–Kier alpha value is -1.83. The number of benzene rings is 1. The first kappa shape index (κ1) is 11.6. The third-order valence-electron chi connectivity index (χ3n) is 2.76. The monoisotopic (exact) mass is 226 g/mol. The van der Waals surface area contributed by atoms with Crippen LogP contribution in [0, 0.1) is 6.92 Å². The first-order valence-corrected chi connectivity index (χ1v) is 6.04. The van der Waals surface area contributed by atoms with Crippen LogP contribution >= 0.6 is 0 Å². The standard InChI is InChI=1S/C15H18N2/c1-14-6-8-15(9-7-14)5-3-2-4-11-17-12-10-16-13-17/h4,6-13H,2-3,5H2,1H3. The van der Waals surface area contributed by atoms with E-state index in [-0.39, 0.29) is 0 Å². The van der Waals surface area contributed by atoms with E-state index in [0.717, 1.165) is 12.8 Å². The Kier molecular flexibility index (Phi) is 4.14. The van der Waals surface area contributed by atoms with Crippen molar-refractivity contribution in [2.75, 3.05) is 0 Å². The van der Waals surface area contributed by atoms with Crippen LogP contribution in [-0.2, 0) is 6.42 Å². The van der Waals surface area contributed by atoms with Crippen LogP contribution < -0.4 is 0 Å². The van der Waals surface area contributed by atoms with E-state index in [2.05, 4.69) is 48.4 Å². The highest BCUT2D eigenvalue weighted by atomic mass is 15.0. The molecule has 0 aliphatic rings. The average Bonchev–Trinajstić information content (AvgIpc) is 2.84. The van der Waals surface area contributed by atoms with E-state index in [1.54, 1.807) is 12.5 Å². The maximum Gasteiger partial charge on any atom is 0.0986 e. The lowest BCUT2D eigenvalue weighted by molar-refractivity contribution is 0.842. The van der Waals surface area contributed by atoms with Crippen molar-refractivity contribution in [1.29, 1.82) is 0 Å². The molecule has 0 atom stereocenters. The van der Waals surface area contributed by atoms with Crippen molar-refractivity contribution in [1.82, 2.24) is 9.55 Å². The second-order valence-corrected chi connectivity index (χ2v) is 4.27. The Bertz CT molecular complexity index is 452. The van der Waals surface area contributed by atoms with Gasteiger partial charge in [0, 0.05) is 18.6 Å². The van der Waals surface area contributed by atoms with E-state index in [1.807, 2.05) is 10.8 Å². The van der Waals surface area contributed by atoms with Gasteiger partial charge in [-0.25, -0.2) is 4.98 Å². The average molecular weight is 226 g/mol. The van der Waals surface area contributed by atoms with Crippen LogP contribution in [0.3, 0.4) is 0 Å². The molecule has 2 aromatic rings. The highest BCUT2D eigenvalue weighted by Crippen LogP contribution is 2.07. The summed E-state index contributed by atoms with van der Waals surface area (Å²) in [5, 5.41) is 0. The molecule has 0 saturated carbocycles. The maximum absolute atomic E-state index is 3.99. The van der Waals surface area contributed by atoms with Crippen LogP contribution in [0.15, 0.2) is 49.1 Å². The van der Waals surface area contributed by atoms with E-state index in [9.17, 15) is 0 Å². The molecule has 2 rings (SSSR count). The van der Waals surface area contributed by atoms with Gasteiger partial charge in [0.1, 0.15) is 0 Å². The van der Waals surface area contributed by atoms with E-state index in [4.69, 9.17) is 0 Å². The van der Waals surface area contributed by atoms with Crippen molar-refractivity contribution in [2.24, 2.45) is 0 Å². The summed E-state index contributed by atoms with van der Waals surface area (Å²) in [4.78, 5) is 3.99. The number of unbranched alkanes of at least 4 members (excludes halogenated alkanes) is 1. The fraction of sp³-hybridized carbons (Fsp3) is 0.267. The summed E-state index contributed by atoms with van der Waals surface area (Å²) in [6, 6.07) is 8.79. The number of aryl methyl sites for hydroxylation is 2. The van der Waals surface area contributed by atoms with Gasteiger partial charge in [0.25, 0.3) is 0 Å². The van der Waals surface area contributed by atoms with Gasteiger partial charge in [0.15, 0.2) is 0 Å². The fourth-order valence-corrected chi connectivity index (χ4v) is 1.73. The molecule has 0 N–H and O–H groups in total. The SMILES string of the molecule is Cc1ccc(CCCC=Cn2ccnc2)cc1. The van der Waals surface area contributed by atoms with Crippen LogP contribution in [0.1, 0.15) is 24.0 Å². The van der Waals surface area contributed by atoms with Crippen molar-refractivity contribution in [3.8, 4) is 0 Å². The Balaban J connectivity index is 1.71. The number of imidazole rings is 1. The minimum absolute atomic E-state index is 1.10. The molecule has 2 heteroatoms. The molecule has 0 saturated heterocycles. The summed E-state index contributed by atoms with van der Waals surface area (Å²) in [5.74, 6) is 0. The molecule has 0 aliphatic carbocycles. The molecular weight excluding hydrogens is 208 g/mol. The van der Waals surface area contributed by atoms with E-state index in [1.165, 1.54) is 17.5 Å². The smallest absolute Gasteiger partial charge is 0.0986 e. The summed E-state index contributed by atoms with van der Waals surface area (Å²) < 4.78 is 1.96. The van der Waals surface area contributed by atoms with E-state index in [0.29, 0.717) is 0 Å². The molecule has 1 aromatic heterocycles. The fourth-order valence-electron chi connectivity index (χ4n) is 1.73. The summed E-state index contributed by atoms with van der Waals surface area (Å²) in [6.07, 6.45) is 13.2. The first-order valence-electron chi connectivity index (χ1n) is 6.04. The number of aromatic nitrogens is 2. The van der Waals surface area contributed by atoms with Gasteiger partial charge >= 0.3 is 0 Å². The molecule has 17 heavy (non-hydrogen) atoms. The topological polar surface area (TPSA) is 17.8 Å². The van der Waals surface area contributed by atoms with Crippen molar-refractivity contribution >= 4 is 6.20 Å². The summed E-state index contributed by atoms with van der Waals surface area (Å²) >= 11 is 0. The van der Waals surface area contributed by atoms with Gasteiger partial charge in [-0.1, -0.05) is 35.9 Å². The van der Waals surface area contributed by atoms with Crippen molar-refractivity contribution in [3.05, 3.63) is 60.2 Å². The molecule has 0 bridgehead atoms. The zero-order valence-electron chi connectivity index (χ0n) is 10.2. The molecule has 0 radical (unpaired) electrons. The molecule has 1 aromatic carbocycles. The summed E-state index contributed by atoms with van der Waals surface area (Å²) in [6.45, 7) is 2.12. The highest BCUT2D eigenvalue weighted by molar-refractivity contribution is 5.22. The van der Waals surface area contributed by atoms with E-state index < -0.39 is 0 Å². The number of hydrogen-bond donors (Lipinski definition) is 0. The zero-order valence-corrected chi connectivity index (χ0v) is 10.2. The normalized spacial score (nSPS) is 11.1. The van der Waals surface area contributed by atoms with Gasteiger partial charge in [-0.05, 0) is 31.7 Å². The second-order valence-electron chi connectivity index (χ2n) is 4.27. The maximum atomic E-state index is 3.99.